The van der Waals surface area contributed by atoms with Crippen molar-refractivity contribution in [2.24, 2.45) is 0 Å². The van der Waals surface area contributed by atoms with Crippen LogP contribution in [0.1, 0.15) is 12.5 Å². The number of rotatable bonds is 6. The van der Waals surface area contributed by atoms with Crippen LogP contribution in [-0.4, -0.2) is 118 Å². The number of nitrogens with one attached hydrogen (secondary N) is 1. The predicted molar refractivity (Wildman–Crippen MR) is 149 cm³/mol. The Labute approximate surface area is 231 Å². The molecule has 0 radical (unpaired) electrons. The molecule has 1 atom stereocenters. The van der Waals surface area contributed by atoms with Crippen molar-refractivity contribution in [1.82, 2.24) is 35.1 Å². The molecule has 39 heavy (non-hydrogen) atoms. The van der Waals surface area contributed by atoms with Crippen LogP contribution >= 0.6 is 11.8 Å². The van der Waals surface area contributed by atoms with E-state index in [0.717, 1.165) is 48.7 Å². The van der Waals surface area contributed by atoms with Crippen molar-refractivity contribution in [2.75, 3.05) is 87.7 Å². The van der Waals surface area contributed by atoms with Crippen molar-refractivity contribution in [2.45, 2.75) is 18.3 Å². The maximum Gasteiger partial charge on any atom is 0.270 e. The second-order valence-corrected chi connectivity index (χ2v) is 11.4. The van der Waals surface area contributed by atoms with Gasteiger partial charge in [0.2, 0.25) is 11.9 Å². The van der Waals surface area contributed by atoms with Crippen molar-refractivity contribution >= 4 is 35.4 Å². The van der Waals surface area contributed by atoms with Gasteiger partial charge in [-0.25, -0.2) is 15.0 Å². The molecular formula is C25H34N10O3S. The summed E-state index contributed by atoms with van der Waals surface area (Å²) in [5, 5.41) is 14.7. The van der Waals surface area contributed by atoms with Gasteiger partial charge in [-0.1, -0.05) is 11.8 Å². The van der Waals surface area contributed by atoms with Gasteiger partial charge in [-0.15, -0.1) is 0 Å². The van der Waals surface area contributed by atoms with E-state index in [0.29, 0.717) is 57.6 Å². The number of piperazine rings is 1. The minimum atomic E-state index is -0.583. The standard InChI is InChI=1S/C25H34N10O3S/c1-25(31-19(16-39-25)22(37)33-6-4-32(5-7-33)8-11-36)35-3-2-18-20(17-14-27-23(26)28-15-17)29-24(30-21(18)35)34-9-12-38-13-10-34/h14-16,31,36H,2-13H2,1H3,(H2,26,27,28). The summed E-state index contributed by atoms with van der Waals surface area (Å²) in [6.07, 6.45) is 4.17. The summed E-state index contributed by atoms with van der Waals surface area (Å²) >= 11 is 1.59. The number of morpholine rings is 1. The number of aromatic nitrogens is 4. The zero-order valence-corrected chi connectivity index (χ0v) is 22.9. The van der Waals surface area contributed by atoms with Crippen LogP contribution in [0.3, 0.4) is 0 Å². The summed E-state index contributed by atoms with van der Waals surface area (Å²) in [6, 6.07) is 0. The van der Waals surface area contributed by atoms with Crippen molar-refractivity contribution in [3.63, 3.8) is 0 Å². The Morgan fingerprint density at radius 2 is 1.87 bits per heavy atom. The molecule has 2 saturated heterocycles. The highest BCUT2D eigenvalue weighted by atomic mass is 32.2. The molecule has 1 unspecified atom stereocenters. The molecule has 4 aliphatic heterocycles. The number of ether oxygens (including phenoxy) is 1. The Bertz CT molecular complexity index is 1250. The lowest BCUT2D eigenvalue weighted by Gasteiger charge is -2.38. The lowest BCUT2D eigenvalue weighted by atomic mass is 10.1. The first kappa shape index (κ1) is 26.0. The first-order chi connectivity index (χ1) is 18.9. The molecule has 6 rings (SSSR count). The summed E-state index contributed by atoms with van der Waals surface area (Å²) in [7, 11) is 0. The minimum Gasteiger partial charge on any atom is -0.395 e. The van der Waals surface area contributed by atoms with Crippen LogP contribution in [0.4, 0.5) is 17.7 Å². The zero-order chi connectivity index (χ0) is 27.0. The molecule has 0 spiro atoms. The number of β-amino-alcohol motifs (C(OH)–C–C–N with tert-alkyl or cyclic N) is 1. The van der Waals surface area contributed by atoms with Gasteiger partial charge in [-0.05, 0) is 13.3 Å². The van der Waals surface area contributed by atoms with Crippen LogP contribution in [0, 0.1) is 0 Å². The largest absolute Gasteiger partial charge is 0.395 e. The molecule has 208 valence electrons. The Balaban J connectivity index is 1.25. The van der Waals surface area contributed by atoms with E-state index in [1.807, 2.05) is 10.3 Å². The van der Waals surface area contributed by atoms with E-state index in [1.54, 1.807) is 24.2 Å². The van der Waals surface area contributed by atoms with Crippen LogP contribution in [0.5, 0.6) is 0 Å². The summed E-state index contributed by atoms with van der Waals surface area (Å²) < 4.78 is 5.55. The number of hydrogen-bond donors (Lipinski definition) is 3. The number of fused-ring (bicyclic) bond motifs is 1. The molecule has 2 fully saturated rings. The zero-order valence-electron chi connectivity index (χ0n) is 22.0. The van der Waals surface area contributed by atoms with Crippen LogP contribution < -0.4 is 20.9 Å². The molecule has 2 aromatic rings. The van der Waals surface area contributed by atoms with Gasteiger partial charge in [-0.3, -0.25) is 9.69 Å². The lowest BCUT2D eigenvalue weighted by molar-refractivity contribution is -0.129. The fraction of sp³-hybridized carbons (Fsp3) is 0.560. The third kappa shape index (κ3) is 5.09. The SMILES string of the molecule is CC1(N2CCc3c(-c4cnc(N)nc4)nc(N4CCOCC4)nc32)NC(C(=O)N2CCN(CCO)CC2)=CS1. The summed E-state index contributed by atoms with van der Waals surface area (Å²) in [6.45, 7) is 9.11. The number of thioether (sulfide) groups is 1. The normalized spacial score (nSPS) is 23.5. The molecule has 0 aliphatic carbocycles. The average Bonchev–Trinajstić information content (AvgIpc) is 3.59. The number of aliphatic hydroxyl groups is 1. The predicted octanol–water partition coefficient (Wildman–Crippen LogP) is -0.297. The molecule has 6 heterocycles. The molecule has 2 aromatic heterocycles. The fourth-order valence-electron chi connectivity index (χ4n) is 5.47. The van der Waals surface area contributed by atoms with Crippen molar-refractivity contribution < 1.29 is 14.6 Å². The van der Waals surface area contributed by atoms with Crippen molar-refractivity contribution in [3.05, 3.63) is 29.1 Å². The molecular weight excluding hydrogens is 520 g/mol. The van der Waals surface area contributed by atoms with E-state index >= 15 is 0 Å². The number of hydrogen-bond acceptors (Lipinski definition) is 13. The number of anilines is 3. The maximum absolute atomic E-state index is 13.4. The molecule has 0 bridgehead atoms. The van der Waals surface area contributed by atoms with E-state index in [-0.39, 0.29) is 18.5 Å². The Kier molecular flexibility index (Phi) is 7.18. The van der Waals surface area contributed by atoms with Gasteiger partial charge in [-0.2, -0.15) is 4.98 Å². The van der Waals surface area contributed by atoms with E-state index in [1.165, 1.54) is 0 Å². The van der Waals surface area contributed by atoms with E-state index in [2.05, 4.69) is 36.9 Å². The van der Waals surface area contributed by atoms with Crippen LogP contribution in [-0.2, 0) is 16.0 Å². The molecule has 14 heteroatoms. The Hall–Kier alpha value is -3.20. The van der Waals surface area contributed by atoms with Gasteiger partial charge < -0.3 is 35.6 Å². The topological polar surface area (TPSA) is 149 Å². The second kappa shape index (κ2) is 10.8. The number of aliphatic hydroxyl groups excluding tert-OH is 1. The number of carbonyl (C=O) groups is 1. The highest BCUT2D eigenvalue weighted by Crippen LogP contribution is 2.44. The molecule has 1 amide bonds. The minimum absolute atomic E-state index is 0.00528. The van der Waals surface area contributed by atoms with Crippen LogP contribution in [0.15, 0.2) is 23.5 Å². The monoisotopic (exact) mass is 554 g/mol. The van der Waals surface area contributed by atoms with Gasteiger partial charge in [0.05, 0.1) is 25.5 Å². The van der Waals surface area contributed by atoms with Gasteiger partial charge in [0.1, 0.15) is 11.5 Å². The lowest BCUT2D eigenvalue weighted by Crippen LogP contribution is -2.55. The number of nitrogens with two attached hydrogens (primary N) is 1. The first-order valence-corrected chi connectivity index (χ1v) is 14.2. The van der Waals surface area contributed by atoms with Gasteiger partial charge >= 0.3 is 0 Å². The maximum atomic E-state index is 13.4. The second-order valence-electron chi connectivity index (χ2n) is 10.1. The van der Waals surface area contributed by atoms with Crippen molar-refractivity contribution in [1.29, 1.82) is 0 Å². The first-order valence-electron chi connectivity index (χ1n) is 13.3. The van der Waals surface area contributed by atoms with Gasteiger partial charge in [0.25, 0.3) is 5.91 Å². The third-order valence-electron chi connectivity index (χ3n) is 7.65. The third-order valence-corrected chi connectivity index (χ3v) is 8.78. The molecule has 13 nitrogen and oxygen atoms in total. The highest BCUT2D eigenvalue weighted by molar-refractivity contribution is 8.03. The average molecular weight is 555 g/mol. The molecule has 0 saturated carbocycles. The number of nitrogen functional groups attached to an aromatic ring is 1. The summed E-state index contributed by atoms with van der Waals surface area (Å²) in [4.78, 5) is 39.6. The molecule has 0 aromatic carbocycles. The fourth-order valence-corrected chi connectivity index (χ4v) is 6.45. The summed E-state index contributed by atoms with van der Waals surface area (Å²) in [5.74, 6) is 1.72. The summed E-state index contributed by atoms with van der Waals surface area (Å²) in [5.41, 5.74) is 8.99. The number of nitrogens with zero attached hydrogens (tertiary/aromatic N) is 8. The van der Waals surface area contributed by atoms with Gasteiger partial charge in [0.15, 0.2) is 4.99 Å². The smallest absolute Gasteiger partial charge is 0.270 e. The van der Waals surface area contributed by atoms with Crippen molar-refractivity contribution in [3.8, 4) is 11.3 Å². The quantitative estimate of drug-likeness (QED) is 0.429. The van der Waals surface area contributed by atoms with E-state index in [9.17, 15) is 9.90 Å². The Morgan fingerprint density at radius 3 is 2.59 bits per heavy atom. The number of amides is 1. The van der Waals surface area contributed by atoms with E-state index in [4.69, 9.17) is 20.4 Å². The molecule has 4 N–H and O–H groups in total. The highest BCUT2D eigenvalue weighted by Gasteiger charge is 2.44. The van der Waals surface area contributed by atoms with Crippen LogP contribution in [0.2, 0.25) is 0 Å². The molecule has 4 aliphatic rings. The van der Waals surface area contributed by atoms with Gasteiger partial charge in [0, 0.05) is 81.3 Å². The van der Waals surface area contributed by atoms with Crippen LogP contribution in [0.25, 0.3) is 11.3 Å². The van der Waals surface area contributed by atoms with E-state index < -0.39 is 4.99 Å². The Morgan fingerprint density at radius 1 is 1.13 bits per heavy atom. The number of carbonyl (C=O) groups excluding carboxylic acids is 1.